The number of carbonyl (C=O) groups is 2. The maximum absolute atomic E-state index is 12.6. The fourth-order valence-corrected chi connectivity index (χ4v) is 3.69. The Morgan fingerprint density at radius 2 is 1.83 bits per heavy atom. The van der Waals surface area contributed by atoms with Gasteiger partial charge in [-0.05, 0) is 42.3 Å². The first-order valence-electron chi connectivity index (χ1n) is 9.05. The third kappa shape index (κ3) is 5.23. The van der Waals surface area contributed by atoms with Crippen molar-refractivity contribution >= 4 is 34.5 Å². The Labute approximate surface area is 173 Å². The van der Waals surface area contributed by atoms with E-state index in [4.69, 9.17) is 10.5 Å². The highest BCUT2D eigenvalue weighted by Gasteiger charge is 2.39. The van der Waals surface area contributed by atoms with Crippen LogP contribution in [-0.2, 0) is 16.1 Å². The van der Waals surface area contributed by atoms with Crippen LogP contribution < -0.4 is 10.5 Å². The van der Waals surface area contributed by atoms with Crippen molar-refractivity contribution in [3.05, 3.63) is 65.7 Å². The molecule has 1 aliphatic heterocycles. The number of benzene rings is 2. The largest absolute Gasteiger partial charge is 0.497 e. The monoisotopic (exact) mass is 410 g/mol. The summed E-state index contributed by atoms with van der Waals surface area (Å²) in [5.41, 5.74) is 8.40. The fourth-order valence-electron chi connectivity index (χ4n) is 2.86. The van der Waals surface area contributed by atoms with Crippen LogP contribution in [0.5, 0.6) is 5.75 Å². The number of methoxy groups -OCH3 is 1. The van der Waals surface area contributed by atoms with Crippen molar-refractivity contribution in [2.24, 2.45) is 15.9 Å². The average Bonchev–Trinajstić information content (AvgIpc) is 3.00. The number of nitrogens with zero attached hydrogens (tertiary/aromatic N) is 3. The molecular weight excluding hydrogens is 388 g/mol. The van der Waals surface area contributed by atoms with Crippen LogP contribution in [0.15, 0.2) is 64.8 Å². The minimum absolute atomic E-state index is 0.105. The summed E-state index contributed by atoms with van der Waals surface area (Å²) in [6.45, 7) is 2.08. The van der Waals surface area contributed by atoms with Gasteiger partial charge < -0.3 is 10.5 Å². The molecule has 2 N–H and O–H groups in total. The standard InChI is InChI=1S/C21H22N4O3S/c1-14(16-8-10-17(28-2)11-9-16)23-24-21(22)29-18-12-19(26)25(20(18)27)13-15-6-4-3-5-7-15/h3-11,18H,12-13H2,1-2H3,(H2,22,24)/b23-14-/t18-/m0/s1. The molecule has 1 atom stereocenters. The Hall–Kier alpha value is -3.13. The molecule has 0 radical (unpaired) electrons. The zero-order valence-corrected chi connectivity index (χ0v) is 17.1. The van der Waals surface area contributed by atoms with Gasteiger partial charge in [-0.2, -0.15) is 5.10 Å². The third-order valence-corrected chi connectivity index (χ3v) is 5.43. The first-order chi connectivity index (χ1) is 14.0. The number of imide groups is 1. The van der Waals surface area contributed by atoms with Gasteiger partial charge in [0.25, 0.3) is 0 Å². The lowest BCUT2D eigenvalue weighted by Crippen LogP contribution is -2.31. The van der Waals surface area contributed by atoms with Gasteiger partial charge in [0.2, 0.25) is 11.8 Å². The molecule has 0 saturated carbocycles. The zero-order chi connectivity index (χ0) is 20.8. The lowest BCUT2D eigenvalue weighted by molar-refractivity contribution is -0.138. The number of thioether (sulfide) groups is 1. The number of hydrogen-bond donors (Lipinski definition) is 1. The van der Waals surface area contributed by atoms with Gasteiger partial charge in [-0.15, -0.1) is 5.10 Å². The van der Waals surface area contributed by atoms with E-state index in [0.29, 0.717) is 5.71 Å². The van der Waals surface area contributed by atoms with Crippen LogP contribution in [-0.4, -0.2) is 40.0 Å². The highest BCUT2D eigenvalue weighted by Crippen LogP contribution is 2.26. The summed E-state index contributed by atoms with van der Waals surface area (Å²) < 4.78 is 5.13. The molecule has 2 amide bonds. The molecule has 2 aromatic carbocycles. The molecule has 2 aromatic rings. The van der Waals surface area contributed by atoms with E-state index in [1.165, 1.54) is 4.90 Å². The van der Waals surface area contributed by atoms with Crippen LogP contribution in [0.4, 0.5) is 0 Å². The molecule has 0 unspecified atom stereocenters. The number of rotatable bonds is 6. The number of carbonyl (C=O) groups excluding carboxylic acids is 2. The molecular formula is C21H22N4O3S. The molecule has 0 spiro atoms. The molecule has 0 aliphatic carbocycles. The summed E-state index contributed by atoms with van der Waals surface area (Å²) in [5, 5.41) is 7.70. The Kier molecular flexibility index (Phi) is 6.66. The first kappa shape index (κ1) is 20.6. The Morgan fingerprint density at radius 1 is 1.14 bits per heavy atom. The van der Waals surface area contributed by atoms with E-state index in [9.17, 15) is 9.59 Å². The summed E-state index contributed by atoms with van der Waals surface area (Å²) in [7, 11) is 1.61. The van der Waals surface area contributed by atoms with E-state index in [1.54, 1.807) is 7.11 Å². The average molecular weight is 410 g/mol. The van der Waals surface area contributed by atoms with E-state index in [0.717, 1.165) is 28.6 Å². The van der Waals surface area contributed by atoms with Crippen molar-refractivity contribution in [1.82, 2.24) is 4.90 Å². The van der Waals surface area contributed by atoms with Crippen molar-refractivity contribution < 1.29 is 14.3 Å². The second-order valence-electron chi connectivity index (χ2n) is 6.47. The number of likely N-dealkylation sites (tertiary alicyclic amines) is 1. The van der Waals surface area contributed by atoms with Gasteiger partial charge >= 0.3 is 0 Å². The molecule has 3 rings (SSSR count). The van der Waals surface area contributed by atoms with Crippen LogP contribution in [0.25, 0.3) is 0 Å². The van der Waals surface area contributed by atoms with E-state index in [-0.39, 0.29) is 29.9 Å². The minimum atomic E-state index is -0.577. The minimum Gasteiger partial charge on any atom is -0.497 e. The zero-order valence-electron chi connectivity index (χ0n) is 16.2. The summed E-state index contributed by atoms with van der Waals surface area (Å²) in [5.74, 6) is 0.296. The van der Waals surface area contributed by atoms with E-state index >= 15 is 0 Å². The van der Waals surface area contributed by atoms with Gasteiger partial charge in [-0.3, -0.25) is 14.5 Å². The molecule has 8 heteroatoms. The number of nitrogens with two attached hydrogens (primary N) is 1. The molecule has 150 valence electrons. The maximum Gasteiger partial charge on any atom is 0.243 e. The van der Waals surface area contributed by atoms with Gasteiger partial charge in [0.15, 0.2) is 5.17 Å². The van der Waals surface area contributed by atoms with Crippen molar-refractivity contribution in [3.8, 4) is 5.75 Å². The number of hydrogen-bond acceptors (Lipinski definition) is 6. The Balaban J connectivity index is 1.62. The molecule has 0 aromatic heterocycles. The van der Waals surface area contributed by atoms with Gasteiger partial charge in [0.1, 0.15) is 11.0 Å². The molecule has 1 aliphatic rings. The molecule has 1 heterocycles. The predicted octanol–water partition coefficient (Wildman–Crippen LogP) is 2.79. The third-order valence-electron chi connectivity index (χ3n) is 4.46. The van der Waals surface area contributed by atoms with E-state index in [2.05, 4.69) is 10.2 Å². The Bertz CT molecular complexity index is 942. The molecule has 1 saturated heterocycles. The summed E-state index contributed by atoms with van der Waals surface area (Å²) in [6, 6.07) is 16.8. The van der Waals surface area contributed by atoms with Crippen molar-refractivity contribution in [2.45, 2.75) is 25.1 Å². The van der Waals surface area contributed by atoms with Crippen molar-refractivity contribution in [2.75, 3.05) is 7.11 Å². The Morgan fingerprint density at radius 3 is 2.48 bits per heavy atom. The topological polar surface area (TPSA) is 97.3 Å². The van der Waals surface area contributed by atoms with Crippen LogP contribution >= 0.6 is 11.8 Å². The van der Waals surface area contributed by atoms with Gasteiger partial charge in [0, 0.05) is 6.42 Å². The summed E-state index contributed by atoms with van der Waals surface area (Å²) in [4.78, 5) is 26.1. The lowest BCUT2D eigenvalue weighted by atomic mass is 10.1. The van der Waals surface area contributed by atoms with Gasteiger partial charge in [-0.25, -0.2) is 0 Å². The molecule has 0 bridgehead atoms. The normalized spacial score (nSPS) is 17.7. The number of amides is 2. The number of amidine groups is 1. The van der Waals surface area contributed by atoms with Crippen LogP contribution in [0, 0.1) is 0 Å². The molecule has 7 nitrogen and oxygen atoms in total. The SMILES string of the molecule is COc1ccc(/C(C)=N\N=C(N)S[C@H]2CC(=O)N(Cc3ccccc3)C2=O)cc1. The maximum atomic E-state index is 12.6. The van der Waals surface area contributed by atoms with E-state index in [1.807, 2.05) is 61.5 Å². The van der Waals surface area contributed by atoms with E-state index < -0.39 is 5.25 Å². The van der Waals surface area contributed by atoms with Gasteiger partial charge in [0.05, 0.1) is 19.4 Å². The van der Waals surface area contributed by atoms with Crippen LogP contribution in [0.3, 0.4) is 0 Å². The summed E-state index contributed by atoms with van der Waals surface area (Å²) in [6.07, 6.45) is 0.105. The highest BCUT2D eigenvalue weighted by molar-refractivity contribution is 8.14. The highest BCUT2D eigenvalue weighted by atomic mass is 32.2. The summed E-state index contributed by atoms with van der Waals surface area (Å²) >= 11 is 1.07. The smallest absolute Gasteiger partial charge is 0.243 e. The van der Waals surface area contributed by atoms with Crippen molar-refractivity contribution in [3.63, 3.8) is 0 Å². The first-order valence-corrected chi connectivity index (χ1v) is 9.93. The number of ether oxygens (including phenoxy) is 1. The van der Waals surface area contributed by atoms with Gasteiger partial charge in [-0.1, -0.05) is 42.1 Å². The quantitative estimate of drug-likeness (QED) is 0.342. The lowest BCUT2D eigenvalue weighted by Gasteiger charge is -2.14. The van der Waals surface area contributed by atoms with Crippen LogP contribution in [0.1, 0.15) is 24.5 Å². The molecule has 29 heavy (non-hydrogen) atoms. The second-order valence-corrected chi connectivity index (χ2v) is 7.69. The van der Waals surface area contributed by atoms with Crippen molar-refractivity contribution in [1.29, 1.82) is 0 Å². The fraction of sp³-hybridized carbons (Fsp3) is 0.238. The van der Waals surface area contributed by atoms with Crippen LogP contribution in [0.2, 0.25) is 0 Å². The second kappa shape index (κ2) is 9.38. The predicted molar refractivity (Wildman–Crippen MR) is 115 cm³/mol. The molecule has 1 fully saturated rings.